The molecule has 3 N–H and O–H groups in total. The van der Waals surface area contributed by atoms with Crippen molar-refractivity contribution in [2.45, 2.75) is 24.9 Å². The van der Waals surface area contributed by atoms with Gasteiger partial charge in [0.2, 0.25) is 0 Å². The highest BCUT2D eigenvalue weighted by atomic mass is 16.7. The summed E-state index contributed by atoms with van der Waals surface area (Å²) >= 11 is 0. The highest BCUT2D eigenvalue weighted by molar-refractivity contribution is 5.68. The second-order valence-electron chi connectivity index (χ2n) is 3.21. The van der Waals surface area contributed by atoms with Gasteiger partial charge >= 0.3 is 5.97 Å². The van der Waals surface area contributed by atoms with Crippen LogP contribution in [0.5, 0.6) is 0 Å². The molecule has 0 spiro atoms. The Morgan fingerprint density at radius 2 is 2.38 bits per heavy atom. The number of carboxylic acids is 1. The standard InChI is InChI=1S/C8H15NO4/c9-3-1-8(5-7(10)11)2-4-12-6-13-8/h1-6,9H2,(H,10,11)/t8-/m1/s1. The van der Waals surface area contributed by atoms with Crippen LogP contribution in [0.3, 0.4) is 0 Å². The lowest BCUT2D eigenvalue weighted by Crippen LogP contribution is -2.42. The SMILES string of the molecule is NCC[C@]1(CC(=O)O)CCOCO1. The summed E-state index contributed by atoms with van der Waals surface area (Å²) in [6.45, 7) is 1.16. The number of hydrogen-bond acceptors (Lipinski definition) is 4. The summed E-state index contributed by atoms with van der Waals surface area (Å²) in [5.41, 5.74) is 4.81. The number of carbonyl (C=O) groups is 1. The lowest BCUT2D eigenvalue weighted by molar-refractivity contribution is -0.202. The second kappa shape index (κ2) is 4.55. The largest absolute Gasteiger partial charge is 0.481 e. The molecular formula is C8H15NO4. The van der Waals surface area contributed by atoms with Crippen molar-refractivity contribution >= 4 is 5.97 Å². The molecule has 1 rings (SSSR count). The zero-order valence-corrected chi connectivity index (χ0v) is 7.49. The van der Waals surface area contributed by atoms with Crippen molar-refractivity contribution in [2.75, 3.05) is 19.9 Å². The van der Waals surface area contributed by atoms with Crippen LogP contribution in [-0.4, -0.2) is 36.6 Å². The number of carboxylic acid groups (broad SMARTS) is 1. The van der Waals surface area contributed by atoms with E-state index in [2.05, 4.69) is 0 Å². The molecule has 13 heavy (non-hydrogen) atoms. The van der Waals surface area contributed by atoms with Crippen LogP contribution < -0.4 is 5.73 Å². The fraction of sp³-hybridized carbons (Fsp3) is 0.875. The highest BCUT2D eigenvalue weighted by Crippen LogP contribution is 2.27. The quantitative estimate of drug-likeness (QED) is 0.647. The number of hydrogen-bond donors (Lipinski definition) is 2. The Hall–Kier alpha value is -0.650. The van der Waals surface area contributed by atoms with Gasteiger partial charge in [-0.1, -0.05) is 0 Å². The summed E-state index contributed by atoms with van der Waals surface area (Å²) in [4.78, 5) is 10.6. The van der Waals surface area contributed by atoms with Crippen molar-refractivity contribution in [2.24, 2.45) is 5.73 Å². The van der Waals surface area contributed by atoms with Crippen molar-refractivity contribution < 1.29 is 19.4 Å². The van der Waals surface area contributed by atoms with Crippen LogP contribution in [-0.2, 0) is 14.3 Å². The van der Waals surface area contributed by atoms with E-state index in [1.54, 1.807) is 0 Å². The zero-order valence-electron chi connectivity index (χ0n) is 7.49. The Morgan fingerprint density at radius 3 is 2.85 bits per heavy atom. The van der Waals surface area contributed by atoms with Crippen molar-refractivity contribution in [1.82, 2.24) is 0 Å². The third-order valence-corrected chi connectivity index (χ3v) is 2.22. The molecule has 0 radical (unpaired) electrons. The molecule has 0 aromatic rings. The first-order valence-electron chi connectivity index (χ1n) is 4.32. The van der Waals surface area contributed by atoms with Crippen LogP contribution in [0.4, 0.5) is 0 Å². The maximum atomic E-state index is 10.6. The third kappa shape index (κ3) is 2.95. The molecule has 76 valence electrons. The number of aliphatic carboxylic acids is 1. The molecule has 1 heterocycles. The minimum Gasteiger partial charge on any atom is -0.481 e. The van der Waals surface area contributed by atoms with Gasteiger partial charge in [0, 0.05) is 6.42 Å². The van der Waals surface area contributed by atoms with Crippen LogP contribution in [0.15, 0.2) is 0 Å². The lowest BCUT2D eigenvalue weighted by Gasteiger charge is -2.35. The van der Waals surface area contributed by atoms with Gasteiger partial charge in [-0.15, -0.1) is 0 Å². The van der Waals surface area contributed by atoms with Crippen LogP contribution >= 0.6 is 0 Å². The minimum atomic E-state index is -0.852. The number of ether oxygens (including phenoxy) is 2. The van der Waals surface area contributed by atoms with E-state index in [1.165, 1.54) is 0 Å². The van der Waals surface area contributed by atoms with E-state index in [9.17, 15) is 4.79 Å². The van der Waals surface area contributed by atoms with Gasteiger partial charge in [-0.2, -0.15) is 0 Å². The summed E-state index contributed by atoms with van der Waals surface area (Å²) in [5, 5.41) is 8.70. The summed E-state index contributed by atoms with van der Waals surface area (Å²) in [6, 6.07) is 0. The second-order valence-corrected chi connectivity index (χ2v) is 3.21. The molecule has 0 aromatic carbocycles. The van der Waals surface area contributed by atoms with Gasteiger partial charge in [-0.3, -0.25) is 4.79 Å². The molecular weight excluding hydrogens is 174 g/mol. The third-order valence-electron chi connectivity index (χ3n) is 2.22. The van der Waals surface area contributed by atoms with Crippen molar-refractivity contribution in [1.29, 1.82) is 0 Å². The molecule has 0 unspecified atom stereocenters. The predicted octanol–water partition coefficient (Wildman–Crippen LogP) is -0.0569. The summed E-state index contributed by atoms with van der Waals surface area (Å²) in [7, 11) is 0. The van der Waals surface area contributed by atoms with E-state index < -0.39 is 11.6 Å². The first-order chi connectivity index (χ1) is 6.18. The van der Waals surface area contributed by atoms with Gasteiger partial charge in [-0.05, 0) is 13.0 Å². The van der Waals surface area contributed by atoms with Crippen LogP contribution in [0.1, 0.15) is 19.3 Å². The van der Waals surface area contributed by atoms with Gasteiger partial charge in [0.15, 0.2) is 0 Å². The molecule has 0 amide bonds. The Bertz CT molecular complexity index is 171. The molecule has 1 aliphatic heterocycles. The van der Waals surface area contributed by atoms with Gasteiger partial charge in [0.05, 0.1) is 18.6 Å². The number of rotatable bonds is 4. The van der Waals surface area contributed by atoms with E-state index in [0.717, 1.165) is 0 Å². The van der Waals surface area contributed by atoms with Gasteiger partial charge < -0.3 is 20.3 Å². The molecule has 1 saturated heterocycles. The zero-order chi connectivity index (χ0) is 9.73. The normalized spacial score (nSPS) is 28.7. The maximum absolute atomic E-state index is 10.6. The van der Waals surface area contributed by atoms with E-state index in [4.69, 9.17) is 20.3 Å². The van der Waals surface area contributed by atoms with Crippen molar-refractivity contribution in [3.63, 3.8) is 0 Å². The van der Waals surface area contributed by atoms with E-state index >= 15 is 0 Å². The lowest BCUT2D eigenvalue weighted by atomic mass is 9.91. The van der Waals surface area contributed by atoms with Crippen molar-refractivity contribution in [3.05, 3.63) is 0 Å². The Balaban J connectivity index is 2.55. The molecule has 5 heteroatoms. The molecule has 1 atom stereocenters. The van der Waals surface area contributed by atoms with E-state index in [-0.39, 0.29) is 13.2 Å². The average Bonchev–Trinajstić information content (AvgIpc) is 2.04. The number of nitrogens with two attached hydrogens (primary N) is 1. The fourth-order valence-electron chi connectivity index (χ4n) is 1.52. The molecule has 1 aliphatic rings. The first-order valence-corrected chi connectivity index (χ1v) is 4.32. The summed E-state index contributed by atoms with van der Waals surface area (Å²) in [6.07, 6.45) is 1.19. The van der Waals surface area contributed by atoms with E-state index in [1.807, 2.05) is 0 Å². The highest BCUT2D eigenvalue weighted by Gasteiger charge is 2.35. The fourth-order valence-corrected chi connectivity index (χ4v) is 1.52. The van der Waals surface area contributed by atoms with Gasteiger partial charge in [-0.25, -0.2) is 0 Å². The molecule has 0 aliphatic carbocycles. The summed E-state index contributed by atoms with van der Waals surface area (Å²) in [5.74, 6) is -0.852. The monoisotopic (exact) mass is 189 g/mol. The molecule has 0 aromatic heterocycles. The van der Waals surface area contributed by atoms with Gasteiger partial charge in [0.25, 0.3) is 0 Å². The van der Waals surface area contributed by atoms with Gasteiger partial charge in [0.1, 0.15) is 6.79 Å². The van der Waals surface area contributed by atoms with Crippen LogP contribution in [0.25, 0.3) is 0 Å². The van der Waals surface area contributed by atoms with E-state index in [0.29, 0.717) is 26.0 Å². The van der Waals surface area contributed by atoms with Crippen LogP contribution in [0.2, 0.25) is 0 Å². The molecule has 1 fully saturated rings. The molecule has 0 bridgehead atoms. The first kappa shape index (κ1) is 10.4. The Labute approximate surface area is 76.8 Å². The van der Waals surface area contributed by atoms with Crippen molar-refractivity contribution in [3.8, 4) is 0 Å². The molecule has 5 nitrogen and oxygen atoms in total. The Kier molecular flexibility index (Phi) is 3.65. The summed E-state index contributed by atoms with van der Waals surface area (Å²) < 4.78 is 10.3. The minimum absolute atomic E-state index is 0.00750. The average molecular weight is 189 g/mol. The smallest absolute Gasteiger partial charge is 0.306 e. The maximum Gasteiger partial charge on any atom is 0.306 e. The van der Waals surface area contributed by atoms with Crippen LogP contribution in [0, 0.1) is 0 Å². The topological polar surface area (TPSA) is 81.8 Å². The predicted molar refractivity (Wildman–Crippen MR) is 45.2 cm³/mol. The Morgan fingerprint density at radius 1 is 1.62 bits per heavy atom. The molecule has 0 saturated carbocycles.